The molecule has 0 spiro atoms. The number of anilines is 2. The first-order chi connectivity index (χ1) is 13.0. The van der Waals surface area contributed by atoms with Gasteiger partial charge in [-0.2, -0.15) is 5.10 Å². The van der Waals surface area contributed by atoms with Gasteiger partial charge in [-0.25, -0.2) is 9.37 Å². The van der Waals surface area contributed by atoms with Gasteiger partial charge in [-0.15, -0.1) is 0 Å². The van der Waals surface area contributed by atoms with Crippen molar-refractivity contribution in [3.05, 3.63) is 36.4 Å². The summed E-state index contributed by atoms with van der Waals surface area (Å²) in [6.45, 7) is 4.61. The van der Waals surface area contributed by atoms with Crippen molar-refractivity contribution in [2.75, 3.05) is 23.7 Å². The van der Waals surface area contributed by atoms with Crippen molar-refractivity contribution in [1.82, 2.24) is 19.7 Å². The molecule has 0 radical (unpaired) electrons. The number of fused-ring (bicyclic) bond motifs is 1. The van der Waals surface area contributed by atoms with E-state index in [4.69, 9.17) is 0 Å². The molecule has 0 bridgehead atoms. The molecule has 8 nitrogen and oxygen atoms in total. The first kappa shape index (κ1) is 17.2. The molecule has 9 heteroatoms. The van der Waals surface area contributed by atoms with Crippen molar-refractivity contribution in [2.45, 2.75) is 18.9 Å². The molecule has 0 saturated carbocycles. The van der Waals surface area contributed by atoms with Gasteiger partial charge in [0.15, 0.2) is 11.6 Å². The van der Waals surface area contributed by atoms with Crippen molar-refractivity contribution in [3.8, 4) is 11.3 Å². The average Bonchev–Trinajstić information content (AvgIpc) is 3.09. The summed E-state index contributed by atoms with van der Waals surface area (Å²) in [7, 11) is 1.76. The number of pyridine rings is 1. The Morgan fingerprint density at radius 3 is 3.00 bits per heavy atom. The van der Waals surface area contributed by atoms with E-state index in [0.29, 0.717) is 24.3 Å². The van der Waals surface area contributed by atoms with Crippen LogP contribution in [0.25, 0.3) is 11.3 Å². The SMILES string of the molecule is C=CC(=O)N1CCC[C@@H](Nc2nc(-c3cnn(C)c3)c3c(c2F)NC3=O)C1. The number of carbonyl (C=O) groups is 2. The van der Waals surface area contributed by atoms with Crippen molar-refractivity contribution >= 4 is 23.3 Å². The van der Waals surface area contributed by atoms with E-state index in [0.717, 1.165) is 12.8 Å². The molecule has 2 amide bonds. The third-order valence-electron chi connectivity index (χ3n) is 4.83. The van der Waals surface area contributed by atoms with Crippen LogP contribution in [-0.2, 0) is 11.8 Å². The predicted molar refractivity (Wildman–Crippen MR) is 97.8 cm³/mol. The molecule has 1 atom stereocenters. The number of hydrogen-bond acceptors (Lipinski definition) is 5. The van der Waals surface area contributed by atoms with E-state index in [2.05, 4.69) is 27.3 Å². The van der Waals surface area contributed by atoms with Gasteiger partial charge in [-0.05, 0) is 18.9 Å². The Hall–Kier alpha value is -3.23. The number of piperidine rings is 1. The third kappa shape index (κ3) is 2.94. The van der Waals surface area contributed by atoms with Crippen LogP contribution in [0.5, 0.6) is 0 Å². The van der Waals surface area contributed by atoms with Gasteiger partial charge in [-0.3, -0.25) is 14.3 Å². The molecule has 140 valence electrons. The van der Waals surface area contributed by atoms with Crippen molar-refractivity contribution in [2.24, 2.45) is 7.05 Å². The molecule has 0 aromatic carbocycles. The Bertz CT molecular complexity index is 954. The quantitative estimate of drug-likeness (QED) is 0.801. The number of halogens is 1. The molecule has 2 aromatic heterocycles. The summed E-state index contributed by atoms with van der Waals surface area (Å²) >= 11 is 0. The smallest absolute Gasteiger partial charge is 0.260 e. The lowest BCUT2D eigenvalue weighted by molar-refractivity contribution is -0.127. The van der Waals surface area contributed by atoms with Gasteiger partial charge in [0.1, 0.15) is 0 Å². The highest BCUT2D eigenvalue weighted by molar-refractivity contribution is 6.21. The first-order valence-electron chi connectivity index (χ1n) is 8.69. The molecule has 1 saturated heterocycles. The minimum absolute atomic E-state index is 0.0607. The van der Waals surface area contributed by atoms with Crippen LogP contribution in [0.1, 0.15) is 23.2 Å². The topological polar surface area (TPSA) is 92.2 Å². The van der Waals surface area contributed by atoms with E-state index in [1.54, 1.807) is 29.0 Å². The zero-order valence-corrected chi connectivity index (χ0v) is 14.8. The zero-order valence-electron chi connectivity index (χ0n) is 14.8. The molecule has 2 aliphatic rings. The van der Waals surface area contributed by atoms with Crippen molar-refractivity contribution < 1.29 is 14.0 Å². The van der Waals surface area contributed by atoms with Crippen LogP contribution >= 0.6 is 0 Å². The Labute approximate surface area is 155 Å². The Balaban J connectivity index is 1.65. The second-order valence-electron chi connectivity index (χ2n) is 6.70. The number of amides is 2. The second-order valence-corrected chi connectivity index (χ2v) is 6.70. The minimum Gasteiger partial charge on any atom is -0.363 e. The standard InChI is InChI=1S/C18H19FN6O2/c1-3-12(26)25-6-4-5-11(9-25)21-17-14(19)16-13(18(27)23-16)15(22-17)10-7-20-24(2)8-10/h3,7-8,11H,1,4-6,9H2,2H3,(H,21,22)(H,23,27)/t11-/m1/s1. The van der Waals surface area contributed by atoms with E-state index < -0.39 is 5.82 Å². The highest BCUT2D eigenvalue weighted by atomic mass is 19.1. The lowest BCUT2D eigenvalue weighted by atomic mass is 9.99. The van der Waals surface area contributed by atoms with Gasteiger partial charge in [0.25, 0.3) is 5.91 Å². The third-order valence-corrected chi connectivity index (χ3v) is 4.83. The molecule has 4 rings (SSSR count). The highest BCUT2D eigenvalue weighted by Crippen LogP contribution is 2.39. The van der Waals surface area contributed by atoms with Gasteiger partial charge in [0.05, 0.1) is 23.1 Å². The number of likely N-dealkylation sites (tertiary alicyclic amines) is 1. The molecule has 27 heavy (non-hydrogen) atoms. The largest absolute Gasteiger partial charge is 0.363 e. The van der Waals surface area contributed by atoms with Crippen LogP contribution in [0.4, 0.5) is 15.9 Å². The lowest BCUT2D eigenvalue weighted by Gasteiger charge is -2.33. The fourth-order valence-electron chi connectivity index (χ4n) is 3.48. The predicted octanol–water partition coefficient (Wildman–Crippen LogP) is 1.78. The van der Waals surface area contributed by atoms with E-state index in [1.165, 1.54) is 6.08 Å². The fraction of sp³-hybridized carbons (Fsp3) is 0.333. The number of aryl methyl sites for hydroxylation is 1. The van der Waals surface area contributed by atoms with Crippen LogP contribution in [0, 0.1) is 5.82 Å². The number of aromatic nitrogens is 3. The first-order valence-corrected chi connectivity index (χ1v) is 8.69. The van der Waals surface area contributed by atoms with Crippen LogP contribution < -0.4 is 10.6 Å². The Kier molecular flexibility index (Phi) is 4.14. The van der Waals surface area contributed by atoms with E-state index in [9.17, 15) is 14.0 Å². The molecule has 0 unspecified atom stereocenters. The average molecular weight is 370 g/mol. The molecule has 2 aliphatic heterocycles. The number of nitrogens with zero attached hydrogens (tertiary/aromatic N) is 4. The van der Waals surface area contributed by atoms with E-state index >= 15 is 0 Å². The summed E-state index contributed by atoms with van der Waals surface area (Å²) in [6.07, 6.45) is 6.17. The monoisotopic (exact) mass is 370 g/mol. The summed E-state index contributed by atoms with van der Waals surface area (Å²) in [5, 5.41) is 9.68. The highest BCUT2D eigenvalue weighted by Gasteiger charge is 2.35. The van der Waals surface area contributed by atoms with Crippen LogP contribution in [0.15, 0.2) is 25.0 Å². The van der Waals surface area contributed by atoms with Crippen molar-refractivity contribution in [1.29, 1.82) is 0 Å². The molecule has 4 heterocycles. The van der Waals surface area contributed by atoms with Gasteiger partial charge in [0.2, 0.25) is 5.91 Å². The summed E-state index contributed by atoms with van der Waals surface area (Å²) in [6, 6.07) is -0.139. The van der Waals surface area contributed by atoms with Gasteiger partial charge < -0.3 is 15.5 Å². The summed E-state index contributed by atoms with van der Waals surface area (Å²) < 4.78 is 16.4. The number of carbonyl (C=O) groups excluding carboxylic acids is 2. The Morgan fingerprint density at radius 1 is 1.52 bits per heavy atom. The van der Waals surface area contributed by atoms with Gasteiger partial charge in [-0.1, -0.05) is 6.58 Å². The molecule has 1 fully saturated rings. The van der Waals surface area contributed by atoms with Crippen LogP contribution in [-0.4, -0.2) is 50.6 Å². The summed E-state index contributed by atoms with van der Waals surface area (Å²) in [5.74, 6) is -1.03. The molecule has 2 N–H and O–H groups in total. The van der Waals surface area contributed by atoms with Gasteiger partial charge in [0, 0.05) is 37.9 Å². The Morgan fingerprint density at radius 2 is 2.33 bits per heavy atom. The zero-order chi connectivity index (χ0) is 19.1. The molecule has 2 aromatic rings. The number of hydrogen-bond donors (Lipinski definition) is 2. The van der Waals surface area contributed by atoms with Crippen molar-refractivity contribution in [3.63, 3.8) is 0 Å². The second kappa shape index (κ2) is 6.49. The normalized spacial score (nSPS) is 18.4. The lowest BCUT2D eigenvalue weighted by Crippen LogP contribution is -2.44. The van der Waals surface area contributed by atoms with Gasteiger partial charge >= 0.3 is 0 Å². The molecular weight excluding hydrogens is 351 g/mol. The maximum Gasteiger partial charge on any atom is 0.260 e. The fourth-order valence-corrected chi connectivity index (χ4v) is 3.48. The van der Waals surface area contributed by atoms with Crippen LogP contribution in [0.3, 0.4) is 0 Å². The summed E-state index contributed by atoms with van der Waals surface area (Å²) in [5.41, 5.74) is 1.41. The maximum absolute atomic E-state index is 14.8. The van der Waals surface area contributed by atoms with E-state index in [-0.39, 0.29) is 34.9 Å². The summed E-state index contributed by atoms with van der Waals surface area (Å²) in [4.78, 5) is 29.8. The van der Waals surface area contributed by atoms with Crippen LogP contribution in [0.2, 0.25) is 0 Å². The molecule has 0 aliphatic carbocycles. The minimum atomic E-state index is -0.593. The number of rotatable bonds is 4. The molecular formula is C18H19FN6O2. The maximum atomic E-state index is 14.8. The number of nitrogens with one attached hydrogen (secondary N) is 2. The van der Waals surface area contributed by atoms with E-state index in [1.807, 2.05) is 0 Å².